The standard InChI is InChI=1S/C19H19ClFN3O2/c1-19(2,3)26-16(25)8-14(9-22)18-23-10-12(11-24-18)7-13-5-4-6-15(20)17(13)21/h4-6,10-11,14H,7-8H2,1-3H3. The van der Waals surface area contributed by atoms with E-state index >= 15 is 0 Å². The SMILES string of the molecule is CC(C)(C)OC(=O)CC(C#N)c1ncc(Cc2cccc(Cl)c2F)cn1. The van der Waals surface area contributed by atoms with Crippen molar-refractivity contribution < 1.29 is 13.9 Å². The van der Waals surface area contributed by atoms with Gasteiger partial charge < -0.3 is 4.74 Å². The maximum atomic E-state index is 14.0. The molecule has 2 aromatic rings. The highest BCUT2D eigenvalue weighted by atomic mass is 35.5. The van der Waals surface area contributed by atoms with Crippen molar-refractivity contribution in [3.63, 3.8) is 0 Å². The number of benzene rings is 1. The predicted molar refractivity (Wildman–Crippen MR) is 95.1 cm³/mol. The van der Waals surface area contributed by atoms with Crippen molar-refractivity contribution >= 4 is 17.6 Å². The van der Waals surface area contributed by atoms with E-state index in [-0.39, 0.29) is 23.7 Å². The molecule has 1 aromatic carbocycles. The third-order valence-electron chi connectivity index (χ3n) is 3.41. The molecule has 0 radical (unpaired) electrons. The summed E-state index contributed by atoms with van der Waals surface area (Å²) < 4.78 is 19.2. The first kappa shape index (κ1) is 19.8. The molecule has 1 aromatic heterocycles. The van der Waals surface area contributed by atoms with Gasteiger partial charge in [0, 0.05) is 18.8 Å². The molecular formula is C19H19ClFN3O2. The van der Waals surface area contributed by atoms with E-state index < -0.39 is 23.3 Å². The van der Waals surface area contributed by atoms with Crippen LogP contribution in [0.3, 0.4) is 0 Å². The predicted octanol–water partition coefficient (Wildman–Crippen LogP) is 4.20. The minimum atomic E-state index is -0.804. The number of esters is 1. The molecular weight excluding hydrogens is 357 g/mol. The lowest BCUT2D eigenvalue weighted by molar-refractivity contribution is -0.155. The third-order valence-corrected chi connectivity index (χ3v) is 3.70. The van der Waals surface area contributed by atoms with E-state index in [1.54, 1.807) is 32.9 Å². The molecule has 5 nitrogen and oxygen atoms in total. The Hall–Kier alpha value is -2.52. The summed E-state index contributed by atoms with van der Waals surface area (Å²) in [6.07, 6.45) is 3.18. The van der Waals surface area contributed by atoms with Gasteiger partial charge in [-0.05, 0) is 38.0 Å². The molecule has 2 rings (SSSR count). The first-order valence-corrected chi connectivity index (χ1v) is 8.42. The van der Waals surface area contributed by atoms with Crippen molar-refractivity contribution in [3.8, 4) is 6.07 Å². The highest BCUT2D eigenvalue weighted by Gasteiger charge is 2.23. The Morgan fingerprint density at radius 2 is 2.00 bits per heavy atom. The number of nitrogens with zero attached hydrogens (tertiary/aromatic N) is 3. The van der Waals surface area contributed by atoms with Crippen LogP contribution in [0.5, 0.6) is 0 Å². The van der Waals surface area contributed by atoms with Crippen molar-refractivity contribution in [2.45, 2.75) is 45.1 Å². The molecule has 0 aliphatic carbocycles. The first-order chi connectivity index (χ1) is 12.2. The number of carbonyl (C=O) groups is 1. The molecule has 0 fully saturated rings. The van der Waals surface area contributed by atoms with Crippen LogP contribution in [0, 0.1) is 17.1 Å². The smallest absolute Gasteiger partial charge is 0.308 e. The number of ether oxygens (including phenoxy) is 1. The summed E-state index contributed by atoms with van der Waals surface area (Å²) in [5.74, 6) is -1.54. The van der Waals surface area contributed by atoms with Crippen molar-refractivity contribution in [2.24, 2.45) is 0 Å². The second-order valence-electron chi connectivity index (χ2n) is 6.81. The van der Waals surface area contributed by atoms with Crippen LogP contribution in [-0.4, -0.2) is 21.5 Å². The normalized spacial score (nSPS) is 12.3. The molecule has 0 spiro atoms. The van der Waals surface area contributed by atoms with Gasteiger partial charge in [-0.3, -0.25) is 4.79 Å². The topological polar surface area (TPSA) is 75.9 Å². The van der Waals surface area contributed by atoms with Gasteiger partial charge in [0.15, 0.2) is 0 Å². The van der Waals surface area contributed by atoms with Crippen LogP contribution in [0.15, 0.2) is 30.6 Å². The minimum absolute atomic E-state index is 0.0574. The zero-order valence-electron chi connectivity index (χ0n) is 14.8. The Labute approximate surface area is 156 Å². The number of hydrogen-bond donors (Lipinski definition) is 0. The van der Waals surface area contributed by atoms with Gasteiger partial charge >= 0.3 is 5.97 Å². The lowest BCUT2D eigenvalue weighted by Gasteiger charge is -2.20. The number of rotatable bonds is 5. The molecule has 7 heteroatoms. The number of carbonyl (C=O) groups excluding carboxylic acids is 1. The molecule has 0 aliphatic rings. The fraction of sp³-hybridized carbons (Fsp3) is 0.368. The Balaban J connectivity index is 2.09. The van der Waals surface area contributed by atoms with E-state index in [0.29, 0.717) is 11.1 Å². The maximum absolute atomic E-state index is 14.0. The second-order valence-corrected chi connectivity index (χ2v) is 7.22. The van der Waals surface area contributed by atoms with Crippen LogP contribution in [0.25, 0.3) is 0 Å². The molecule has 1 unspecified atom stereocenters. The summed E-state index contributed by atoms with van der Waals surface area (Å²) in [6, 6.07) is 6.80. The van der Waals surface area contributed by atoms with Gasteiger partial charge in [0.1, 0.15) is 23.2 Å². The molecule has 0 bridgehead atoms. The fourth-order valence-corrected chi connectivity index (χ4v) is 2.48. The van der Waals surface area contributed by atoms with Crippen molar-refractivity contribution in [2.75, 3.05) is 0 Å². The lowest BCUT2D eigenvalue weighted by atomic mass is 10.0. The van der Waals surface area contributed by atoms with Gasteiger partial charge in [-0.25, -0.2) is 14.4 Å². The molecule has 0 saturated heterocycles. The summed E-state index contributed by atoms with van der Waals surface area (Å²) in [5, 5.41) is 9.35. The monoisotopic (exact) mass is 375 g/mol. The van der Waals surface area contributed by atoms with Crippen LogP contribution >= 0.6 is 11.6 Å². The Morgan fingerprint density at radius 1 is 1.35 bits per heavy atom. The van der Waals surface area contributed by atoms with Crippen molar-refractivity contribution in [3.05, 3.63) is 58.4 Å². The van der Waals surface area contributed by atoms with Gasteiger partial charge in [0.2, 0.25) is 0 Å². The van der Waals surface area contributed by atoms with Crippen LogP contribution in [0.4, 0.5) is 4.39 Å². The van der Waals surface area contributed by atoms with Gasteiger partial charge in [-0.15, -0.1) is 0 Å². The maximum Gasteiger partial charge on any atom is 0.308 e. The molecule has 0 aliphatic heterocycles. The largest absolute Gasteiger partial charge is 0.460 e. The quantitative estimate of drug-likeness (QED) is 0.732. The molecule has 0 N–H and O–H groups in total. The van der Waals surface area contributed by atoms with Crippen LogP contribution in [0.2, 0.25) is 5.02 Å². The fourth-order valence-electron chi connectivity index (χ4n) is 2.29. The van der Waals surface area contributed by atoms with E-state index in [0.717, 1.165) is 0 Å². The molecule has 1 heterocycles. The lowest BCUT2D eigenvalue weighted by Crippen LogP contribution is -2.25. The average Bonchev–Trinajstić information content (AvgIpc) is 2.56. The van der Waals surface area contributed by atoms with Gasteiger partial charge in [-0.1, -0.05) is 23.7 Å². The summed E-state index contributed by atoms with van der Waals surface area (Å²) >= 11 is 5.77. The van der Waals surface area contributed by atoms with Gasteiger partial charge in [0.25, 0.3) is 0 Å². The minimum Gasteiger partial charge on any atom is -0.460 e. The zero-order valence-corrected chi connectivity index (χ0v) is 15.5. The summed E-state index contributed by atoms with van der Waals surface area (Å²) in [5.41, 5.74) is 0.478. The molecule has 0 saturated carbocycles. The Bertz CT molecular complexity index is 826. The zero-order chi connectivity index (χ0) is 19.3. The van der Waals surface area contributed by atoms with Crippen LogP contribution in [0.1, 0.15) is 50.1 Å². The van der Waals surface area contributed by atoms with Gasteiger partial charge in [0.05, 0.1) is 17.5 Å². The highest BCUT2D eigenvalue weighted by molar-refractivity contribution is 6.30. The molecule has 26 heavy (non-hydrogen) atoms. The Morgan fingerprint density at radius 3 is 2.58 bits per heavy atom. The van der Waals surface area contributed by atoms with Crippen LogP contribution < -0.4 is 0 Å². The number of hydrogen-bond acceptors (Lipinski definition) is 5. The number of aromatic nitrogens is 2. The van der Waals surface area contributed by atoms with Crippen molar-refractivity contribution in [1.29, 1.82) is 5.26 Å². The molecule has 0 amide bonds. The van der Waals surface area contributed by atoms with Crippen LogP contribution in [-0.2, 0) is 16.0 Å². The van der Waals surface area contributed by atoms with E-state index in [1.807, 2.05) is 6.07 Å². The summed E-state index contributed by atoms with van der Waals surface area (Å²) in [4.78, 5) is 20.2. The molecule has 136 valence electrons. The average molecular weight is 376 g/mol. The highest BCUT2D eigenvalue weighted by Crippen LogP contribution is 2.21. The summed E-state index contributed by atoms with van der Waals surface area (Å²) in [6.45, 7) is 5.27. The van der Waals surface area contributed by atoms with Crippen molar-refractivity contribution in [1.82, 2.24) is 9.97 Å². The van der Waals surface area contributed by atoms with E-state index in [9.17, 15) is 14.4 Å². The second kappa shape index (κ2) is 8.24. The first-order valence-electron chi connectivity index (χ1n) is 8.05. The summed E-state index contributed by atoms with van der Waals surface area (Å²) in [7, 11) is 0. The third kappa shape index (κ3) is 5.50. The Kier molecular flexibility index (Phi) is 6.27. The van der Waals surface area contributed by atoms with E-state index in [4.69, 9.17) is 16.3 Å². The number of nitriles is 1. The van der Waals surface area contributed by atoms with E-state index in [2.05, 4.69) is 9.97 Å². The molecule has 1 atom stereocenters. The number of halogens is 2. The van der Waals surface area contributed by atoms with Gasteiger partial charge in [-0.2, -0.15) is 5.26 Å². The van der Waals surface area contributed by atoms with E-state index in [1.165, 1.54) is 18.5 Å².